The maximum atomic E-state index is 11.8. The molecule has 0 atom stereocenters. The zero-order valence-electron chi connectivity index (χ0n) is 11.3. The first kappa shape index (κ1) is 13.7. The fourth-order valence-electron chi connectivity index (χ4n) is 1.93. The molecule has 0 aliphatic carbocycles. The summed E-state index contributed by atoms with van der Waals surface area (Å²) in [6.07, 6.45) is 1.84. The summed E-state index contributed by atoms with van der Waals surface area (Å²) >= 11 is 0. The highest BCUT2D eigenvalue weighted by atomic mass is 16.5. The average Bonchev–Trinajstić information content (AvgIpc) is 2.43. The SMILES string of the molecule is CCCOCCC(=O)Cc1ccc2ccccc2n1. The number of benzene rings is 1. The summed E-state index contributed by atoms with van der Waals surface area (Å²) in [5.74, 6) is 0.180. The normalized spacial score (nSPS) is 10.8. The van der Waals surface area contributed by atoms with Gasteiger partial charge in [-0.15, -0.1) is 0 Å². The Balaban J connectivity index is 1.91. The van der Waals surface area contributed by atoms with Gasteiger partial charge in [0.15, 0.2) is 0 Å². The van der Waals surface area contributed by atoms with Crippen LogP contribution >= 0.6 is 0 Å². The molecule has 1 aromatic carbocycles. The fourth-order valence-corrected chi connectivity index (χ4v) is 1.93. The number of carbonyl (C=O) groups excluding carboxylic acids is 1. The van der Waals surface area contributed by atoms with Gasteiger partial charge in [0.25, 0.3) is 0 Å². The predicted octanol–water partition coefficient (Wildman–Crippen LogP) is 3.16. The highest BCUT2D eigenvalue weighted by Crippen LogP contribution is 2.12. The molecule has 0 N–H and O–H groups in total. The van der Waals surface area contributed by atoms with Gasteiger partial charge in [0.2, 0.25) is 0 Å². The molecule has 0 aliphatic heterocycles. The average molecular weight is 257 g/mol. The molecular weight excluding hydrogens is 238 g/mol. The van der Waals surface area contributed by atoms with E-state index < -0.39 is 0 Å². The number of ether oxygens (including phenoxy) is 1. The Morgan fingerprint density at radius 2 is 2.00 bits per heavy atom. The summed E-state index contributed by atoms with van der Waals surface area (Å²) in [4.78, 5) is 16.3. The number of pyridine rings is 1. The largest absolute Gasteiger partial charge is 0.381 e. The van der Waals surface area contributed by atoms with Gasteiger partial charge < -0.3 is 4.74 Å². The Bertz CT molecular complexity index is 551. The first-order chi connectivity index (χ1) is 9.29. The molecule has 0 saturated heterocycles. The molecule has 0 spiro atoms. The number of para-hydroxylation sites is 1. The topological polar surface area (TPSA) is 39.2 Å². The van der Waals surface area contributed by atoms with Gasteiger partial charge in [0.05, 0.1) is 12.1 Å². The lowest BCUT2D eigenvalue weighted by Crippen LogP contribution is -2.08. The van der Waals surface area contributed by atoms with Gasteiger partial charge in [-0.3, -0.25) is 9.78 Å². The maximum absolute atomic E-state index is 11.8. The second-order valence-electron chi connectivity index (χ2n) is 4.57. The van der Waals surface area contributed by atoms with Crippen LogP contribution in [0.25, 0.3) is 10.9 Å². The van der Waals surface area contributed by atoms with Crippen molar-refractivity contribution in [2.24, 2.45) is 0 Å². The van der Waals surface area contributed by atoms with Gasteiger partial charge >= 0.3 is 0 Å². The van der Waals surface area contributed by atoms with Crippen molar-refractivity contribution in [3.63, 3.8) is 0 Å². The van der Waals surface area contributed by atoms with Crippen molar-refractivity contribution < 1.29 is 9.53 Å². The van der Waals surface area contributed by atoms with Crippen LogP contribution in [0.2, 0.25) is 0 Å². The van der Waals surface area contributed by atoms with E-state index in [2.05, 4.69) is 11.9 Å². The lowest BCUT2D eigenvalue weighted by molar-refractivity contribution is -0.119. The lowest BCUT2D eigenvalue weighted by atomic mass is 10.1. The molecule has 19 heavy (non-hydrogen) atoms. The third-order valence-corrected chi connectivity index (χ3v) is 2.91. The van der Waals surface area contributed by atoms with Crippen LogP contribution in [0.3, 0.4) is 0 Å². The van der Waals surface area contributed by atoms with E-state index in [-0.39, 0.29) is 5.78 Å². The molecule has 1 heterocycles. The number of Topliss-reactive ketones (excluding diaryl/α,β-unsaturated/α-hetero) is 1. The third-order valence-electron chi connectivity index (χ3n) is 2.91. The van der Waals surface area contributed by atoms with E-state index in [1.54, 1.807) is 0 Å². The van der Waals surface area contributed by atoms with Gasteiger partial charge in [0, 0.05) is 30.5 Å². The van der Waals surface area contributed by atoms with Crippen LogP contribution in [0.4, 0.5) is 0 Å². The molecule has 3 nitrogen and oxygen atoms in total. The Kier molecular flexibility index (Phi) is 5.04. The number of ketones is 1. The lowest BCUT2D eigenvalue weighted by Gasteiger charge is -2.04. The summed E-state index contributed by atoms with van der Waals surface area (Å²) in [7, 11) is 0. The van der Waals surface area contributed by atoms with Crippen LogP contribution in [0.15, 0.2) is 36.4 Å². The summed E-state index contributed by atoms with van der Waals surface area (Å²) in [5.41, 5.74) is 1.77. The van der Waals surface area contributed by atoms with Crippen molar-refractivity contribution in [3.05, 3.63) is 42.1 Å². The van der Waals surface area contributed by atoms with Gasteiger partial charge in [-0.2, -0.15) is 0 Å². The van der Waals surface area contributed by atoms with Crippen molar-refractivity contribution in [2.75, 3.05) is 13.2 Å². The second kappa shape index (κ2) is 7.00. The van der Waals surface area contributed by atoms with Crippen molar-refractivity contribution in [1.29, 1.82) is 0 Å². The second-order valence-corrected chi connectivity index (χ2v) is 4.57. The number of nitrogens with zero attached hydrogens (tertiary/aromatic N) is 1. The van der Waals surface area contributed by atoms with Crippen LogP contribution in [0.5, 0.6) is 0 Å². The minimum atomic E-state index is 0.180. The number of rotatable bonds is 7. The molecule has 2 rings (SSSR count). The summed E-state index contributed by atoms with van der Waals surface area (Å²) in [5, 5.41) is 1.10. The van der Waals surface area contributed by atoms with E-state index in [1.165, 1.54) is 0 Å². The summed E-state index contributed by atoms with van der Waals surface area (Å²) in [6, 6.07) is 11.9. The number of carbonyl (C=O) groups is 1. The standard InChI is InChI=1S/C16H19NO2/c1-2-10-19-11-9-15(18)12-14-8-7-13-5-3-4-6-16(13)17-14/h3-8H,2,9-12H2,1H3. The van der Waals surface area contributed by atoms with E-state index in [4.69, 9.17) is 4.74 Å². The zero-order chi connectivity index (χ0) is 13.5. The Morgan fingerprint density at radius 3 is 2.84 bits per heavy atom. The Hall–Kier alpha value is -1.74. The quantitative estimate of drug-likeness (QED) is 0.715. The summed E-state index contributed by atoms with van der Waals surface area (Å²) < 4.78 is 5.32. The van der Waals surface area contributed by atoms with E-state index >= 15 is 0 Å². The van der Waals surface area contributed by atoms with E-state index in [1.807, 2.05) is 36.4 Å². The first-order valence-corrected chi connectivity index (χ1v) is 6.73. The molecule has 100 valence electrons. The number of fused-ring (bicyclic) bond motifs is 1. The smallest absolute Gasteiger partial charge is 0.141 e. The Labute approximate surface area is 113 Å². The molecule has 0 bridgehead atoms. The molecule has 0 radical (unpaired) electrons. The molecule has 1 aromatic heterocycles. The molecule has 0 fully saturated rings. The Morgan fingerprint density at radius 1 is 1.16 bits per heavy atom. The van der Waals surface area contributed by atoms with Gasteiger partial charge in [-0.1, -0.05) is 31.2 Å². The maximum Gasteiger partial charge on any atom is 0.141 e. The highest BCUT2D eigenvalue weighted by Gasteiger charge is 2.05. The molecule has 3 heteroatoms. The molecule has 0 saturated carbocycles. The van der Waals surface area contributed by atoms with E-state index in [0.717, 1.165) is 29.6 Å². The van der Waals surface area contributed by atoms with Crippen LogP contribution in [-0.4, -0.2) is 24.0 Å². The molecule has 0 amide bonds. The number of hydrogen-bond acceptors (Lipinski definition) is 3. The minimum Gasteiger partial charge on any atom is -0.381 e. The highest BCUT2D eigenvalue weighted by molar-refractivity contribution is 5.82. The fraction of sp³-hybridized carbons (Fsp3) is 0.375. The first-order valence-electron chi connectivity index (χ1n) is 6.73. The molecular formula is C16H19NO2. The monoisotopic (exact) mass is 257 g/mol. The van der Waals surface area contributed by atoms with Crippen LogP contribution in [-0.2, 0) is 16.0 Å². The summed E-state index contributed by atoms with van der Waals surface area (Å²) in [6.45, 7) is 3.29. The number of hydrogen-bond donors (Lipinski definition) is 0. The van der Waals surface area contributed by atoms with E-state index in [0.29, 0.717) is 19.4 Å². The van der Waals surface area contributed by atoms with Crippen molar-refractivity contribution in [1.82, 2.24) is 4.98 Å². The van der Waals surface area contributed by atoms with Crippen LogP contribution < -0.4 is 0 Å². The third kappa shape index (κ3) is 4.14. The van der Waals surface area contributed by atoms with Crippen molar-refractivity contribution >= 4 is 16.7 Å². The van der Waals surface area contributed by atoms with Crippen molar-refractivity contribution in [2.45, 2.75) is 26.2 Å². The van der Waals surface area contributed by atoms with Gasteiger partial charge in [-0.05, 0) is 18.6 Å². The number of aromatic nitrogens is 1. The minimum absolute atomic E-state index is 0.180. The van der Waals surface area contributed by atoms with Crippen LogP contribution in [0, 0.1) is 0 Å². The van der Waals surface area contributed by atoms with Crippen LogP contribution in [0.1, 0.15) is 25.5 Å². The molecule has 0 unspecified atom stereocenters. The molecule has 2 aromatic rings. The molecule has 0 aliphatic rings. The van der Waals surface area contributed by atoms with Gasteiger partial charge in [-0.25, -0.2) is 0 Å². The van der Waals surface area contributed by atoms with Gasteiger partial charge in [0.1, 0.15) is 5.78 Å². The zero-order valence-corrected chi connectivity index (χ0v) is 11.3. The van der Waals surface area contributed by atoms with Crippen molar-refractivity contribution in [3.8, 4) is 0 Å². The predicted molar refractivity (Wildman–Crippen MR) is 76.2 cm³/mol. The van der Waals surface area contributed by atoms with E-state index in [9.17, 15) is 4.79 Å².